The summed E-state index contributed by atoms with van der Waals surface area (Å²) in [5.74, 6) is -0.724. The zero-order valence-electron chi connectivity index (χ0n) is 11.2. The van der Waals surface area contributed by atoms with Crippen molar-refractivity contribution in [2.24, 2.45) is 5.92 Å². The van der Waals surface area contributed by atoms with Gasteiger partial charge in [-0.1, -0.05) is 36.8 Å². The predicted molar refractivity (Wildman–Crippen MR) is 73.8 cm³/mol. The maximum absolute atomic E-state index is 11.2. The monoisotopic (exact) mass is 259 g/mol. The number of hydrogen-bond donors (Lipinski definition) is 1. The highest BCUT2D eigenvalue weighted by atomic mass is 16.4. The maximum atomic E-state index is 11.2. The van der Waals surface area contributed by atoms with Gasteiger partial charge in [0.25, 0.3) is 0 Å². The Bertz CT molecular complexity index is 431. The third-order valence-corrected chi connectivity index (χ3v) is 4.68. The molecule has 19 heavy (non-hydrogen) atoms. The van der Waals surface area contributed by atoms with Gasteiger partial charge >= 0.3 is 5.97 Å². The van der Waals surface area contributed by atoms with Crippen LogP contribution in [0.15, 0.2) is 30.3 Å². The number of piperidine rings is 2. The molecule has 0 amide bonds. The molecule has 2 aliphatic rings. The van der Waals surface area contributed by atoms with Gasteiger partial charge in [-0.3, -0.25) is 9.69 Å². The third kappa shape index (κ3) is 2.66. The van der Waals surface area contributed by atoms with Crippen LogP contribution in [0.5, 0.6) is 0 Å². The number of carboxylic acids is 1. The number of nitrogens with zero attached hydrogens (tertiary/aromatic N) is 1. The Morgan fingerprint density at radius 2 is 1.79 bits per heavy atom. The Hall–Kier alpha value is -1.35. The first-order valence-corrected chi connectivity index (χ1v) is 7.26. The Morgan fingerprint density at radius 3 is 2.37 bits per heavy atom. The van der Waals surface area contributed by atoms with Gasteiger partial charge in [-0.15, -0.1) is 0 Å². The third-order valence-electron chi connectivity index (χ3n) is 4.68. The normalized spacial score (nSPS) is 31.1. The molecule has 1 N–H and O–H groups in total. The van der Waals surface area contributed by atoms with Crippen LogP contribution in [-0.2, 0) is 11.3 Å². The van der Waals surface area contributed by atoms with E-state index in [0.717, 1.165) is 32.2 Å². The van der Waals surface area contributed by atoms with Gasteiger partial charge in [-0.05, 0) is 31.2 Å². The smallest absolute Gasteiger partial charge is 0.306 e. The van der Waals surface area contributed by atoms with E-state index in [1.807, 2.05) is 6.07 Å². The number of rotatable bonds is 3. The van der Waals surface area contributed by atoms with Crippen LogP contribution in [0, 0.1) is 5.92 Å². The summed E-state index contributed by atoms with van der Waals surface area (Å²) in [6.07, 6.45) is 5.24. The lowest BCUT2D eigenvalue weighted by atomic mass is 9.78. The van der Waals surface area contributed by atoms with E-state index < -0.39 is 5.97 Å². The summed E-state index contributed by atoms with van der Waals surface area (Å²) in [7, 11) is 0. The molecule has 2 aliphatic heterocycles. The first-order chi connectivity index (χ1) is 9.24. The standard InChI is InChI=1S/C16H21NO2/c18-16(19)13-9-14-7-4-8-15(10-13)17(14)11-12-5-2-1-3-6-12/h1-3,5-6,13-15H,4,7-11H2,(H,18,19). The van der Waals surface area contributed by atoms with Gasteiger partial charge in [-0.2, -0.15) is 0 Å². The quantitative estimate of drug-likeness (QED) is 0.907. The van der Waals surface area contributed by atoms with Crippen LogP contribution in [0.2, 0.25) is 0 Å². The molecule has 1 aromatic carbocycles. The molecule has 2 saturated heterocycles. The first-order valence-electron chi connectivity index (χ1n) is 7.26. The summed E-state index contributed by atoms with van der Waals surface area (Å²) >= 11 is 0. The molecular weight excluding hydrogens is 238 g/mol. The fraction of sp³-hybridized carbons (Fsp3) is 0.562. The molecule has 0 aliphatic carbocycles. The van der Waals surface area contributed by atoms with Gasteiger partial charge in [0, 0.05) is 18.6 Å². The lowest BCUT2D eigenvalue weighted by Gasteiger charge is -2.48. The molecule has 2 fully saturated rings. The van der Waals surface area contributed by atoms with Crippen molar-refractivity contribution in [2.75, 3.05) is 0 Å². The Kier molecular flexibility index (Phi) is 3.56. The molecule has 3 nitrogen and oxygen atoms in total. The van der Waals surface area contributed by atoms with Gasteiger partial charge in [-0.25, -0.2) is 0 Å². The van der Waals surface area contributed by atoms with Crippen LogP contribution < -0.4 is 0 Å². The van der Waals surface area contributed by atoms with E-state index in [-0.39, 0.29) is 5.92 Å². The summed E-state index contributed by atoms with van der Waals surface area (Å²) in [5, 5.41) is 9.25. The van der Waals surface area contributed by atoms with Gasteiger partial charge < -0.3 is 5.11 Å². The lowest BCUT2D eigenvalue weighted by Crippen LogP contribution is -2.52. The van der Waals surface area contributed by atoms with Crippen molar-refractivity contribution in [3.63, 3.8) is 0 Å². The molecule has 0 aromatic heterocycles. The fourth-order valence-corrected chi connectivity index (χ4v) is 3.73. The molecule has 102 valence electrons. The minimum Gasteiger partial charge on any atom is -0.481 e. The number of carbonyl (C=O) groups is 1. The fourth-order valence-electron chi connectivity index (χ4n) is 3.73. The van der Waals surface area contributed by atoms with E-state index in [1.165, 1.54) is 12.0 Å². The highest BCUT2D eigenvalue weighted by Gasteiger charge is 2.40. The van der Waals surface area contributed by atoms with E-state index in [2.05, 4.69) is 29.2 Å². The van der Waals surface area contributed by atoms with Gasteiger partial charge in [0.05, 0.1) is 5.92 Å². The van der Waals surface area contributed by atoms with Crippen molar-refractivity contribution >= 4 is 5.97 Å². The average Bonchev–Trinajstić information content (AvgIpc) is 2.39. The van der Waals surface area contributed by atoms with Crippen LogP contribution in [0.1, 0.15) is 37.7 Å². The topological polar surface area (TPSA) is 40.5 Å². The minimum absolute atomic E-state index is 0.123. The van der Waals surface area contributed by atoms with Gasteiger partial charge in [0.2, 0.25) is 0 Å². The number of carboxylic acid groups (broad SMARTS) is 1. The summed E-state index contributed by atoms with van der Waals surface area (Å²) in [5.41, 5.74) is 1.34. The van der Waals surface area contributed by atoms with Crippen LogP contribution in [-0.4, -0.2) is 28.1 Å². The summed E-state index contributed by atoms with van der Waals surface area (Å²) in [6.45, 7) is 0.975. The van der Waals surface area contributed by atoms with Crippen LogP contribution in [0.3, 0.4) is 0 Å². The molecular formula is C16H21NO2. The zero-order valence-corrected chi connectivity index (χ0v) is 11.2. The van der Waals surface area contributed by atoms with Gasteiger partial charge in [0.1, 0.15) is 0 Å². The highest BCUT2D eigenvalue weighted by Crippen LogP contribution is 2.37. The Balaban J connectivity index is 1.74. The molecule has 3 heteroatoms. The van der Waals surface area contributed by atoms with E-state index in [0.29, 0.717) is 12.1 Å². The number of hydrogen-bond acceptors (Lipinski definition) is 2. The number of fused-ring (bicyclic) bond motifs is 2. The van der Waals surface area contributed by atoms with E-state index >= 15 is 0 Å². The minimum atomic E-state index is -0.601. The second-order valence-electron chi connectivity index (χ2n) is 5.90. The maximum Gasteiger partial charge on any atom is 0.306 e. The van der Waals surface area contributed by atoms with Crippen molar-refractivity contribution < 1.29 is 9.90 Å². The average molecular weight is 259 g/mol. The van der Waals surface area contributed by atoms with Crippen LogP contribution in [0.25, 0.3) is 0 Å². The van der Waals surface area contributed by atoms with Crippen molar-refractivity contribution in [1.82, 2.24) is 4.90 Å². The second-order valence-corrected chi connectivity index (χ2v) is 5.90. The molecule has 2 unspecified atom stereocenters. The molecule has 2 bridgehead atoms. The summed E-state index contributed by atoms with van der Waals surface area (Å²) in [6, 6.07) is 11.5. The predicted octanol–water partition coefficient (Wildman–Crippen LogP) is 2.90. The molecule has 0 saturated carbocycles. The van der Waals surface area contributed by atoms with Crippen LogP contribution in [0.4, 0.5) is 0 Å². The summed E-state index contributed by atoms with van der Waals surface area (Å²) < 4.78 is 0. The van der Waals surface area contributed by atoms with Gasteiger partial charge in [0.15, 0.2) is 0 Å². The highest BCUT2D eigenvalue weighted by molar-refractivity contribution is 5.70. The van der Waals surface area contributed by atoms with Crippen molar-refractivity contribution in [2.45, 2.75) is 50.7 Å². The molecule has 2 atom stereocenters. The first kappa shape index (κ1) is 12.7. The molecule has 0 radical (unpaired) electrons. The van der Waals surface area contributed by atoms with E-state index in [1.54, 1.807) is 0 Å². The second kappa shape index (κ2) is 5.33. The lowest BCUT2D eigenvalue weighted by molar-refractivity contribution is -0.146. The van der Waals surface area contributed by atoms with Crippen molar-refractivity contribution in [1.29, 1.82) is 0 Å². The molecule has 1 aromatic rings. The zero-order chi connectivity index (χ0) is 13.2. The Morgan fingerprint density at radius 1 is 1.16 bits per heavy atom. The van der Waals surface area contributed by atoms with E-state index in [9.17, 15) is 9.90 Å². The van der Waals surface area contributed by atoms with E-state index in [4.69, 9.17) is 0 Å². The largest absolute Gasteiger partial charge is 0.481 e. The van der Waals surface area contributed by atoms with Crippen molar-refractivity contribution in [3.05, 3.63) is 35.9 Å². The molecule has 0 spiro atoms. The number of benzene rings is 1. The van der Waals surface area contributed by atoms with Crippen molar-refractivity contribution in [3.8, 4) is 0 Å². The Labute approximate surface area is 114 Å². The molecule has 3 rings (SSSR count). The SMILES string of the molecule is O=C(O)C1CC2CCCC(C1)N2Cc1ccccc1. The summed E-state index contributed by atoms with van der Waals surface area (Å²) in [4.78, 5) is 13.8. The van der Waals surface area contributed by atoms with Crippen LogP contribution >= 0.6 is 0 Å². The number of aliphatic carboxylic acids is 1. The molecule has 2 heterocycles.